The van der Waals surface area contributed by atoms with E-state index in [9.17, 15) is 13.2 Å². The zero-order valence-corrected chi connectivity index (χ0v) is 12.7. The van der Waals surface area contributed by atoms with Gasteiger partial charge in [0, 0.05) is 11.3 Å². The number of benzene rings is 2. The second kappa shape index (κ2) is 5.79. The van der Waals surface area contributed by atoms with E-state index in [0.29, 0.717) is 24.5 Å². The molecule has 0 aliphatic carbocycles. The zero-order valence-electron chi connectivity index (χ0n) is 12.7. The minimum absolute atomic E-state index is 0.166. The number of alkyl halides is 3. The van der Waals surface area contributed by atoms with Crippen LogP contribution < -0.4 is 5.32 Å². The molecule has 24 heavy (non-hydrogen) atoms. The number of rotatable bonds is 1. The van der Waals surface area contributed by atoms with Gasteiger partial charge in [-0.25, -0.2) is 0 Å². The molecule has 0 spiro atoms. The van der Waals surface area contributed by atoms with Gasteiger partial charge < -0.3 is 14.8 Å². The van der Waals surface area contributed by atoms with Crippen molar-refractivity contribution in [3.05, 3.63) is 65.2 Å². The fraction of sp³-hybridized carbons (Fsp3) is 0.333. The van der Waals surface area contributed by atoms with Crippen LogP contribution in [0.25, 0.3) is 0 Å². The summed E-state index contributed by atoms with van der Waals surface area (Å²) in [5.74, 6) is 0. The molecule has 2 aromatic rings. The van der Waals surface area contributed by atoms with Crippen LogP contribution in [0.15, 0.2) is 48.5 Å². The number of ether oxygens (including phenoxy) is 2. The molecule has 0 bridgehead atoms. The largest absolute Gasteiger partial charge is 0.416 e. The Morgan fingerprint density at radius 3 is 2.46 bits per heavy atom. The Bertz CT molecular complexity index is 733. The van der Waals surface area contributed by atoms with E-state index in [-0.39, 0.29) is 12.1 Å². The highest BCUT2D eigenvalue weighted by Crippen LogP contribution is 2.45. The summed E-state index contributed by atoms with van der Waals surface area (Å²) >= 11 is 0. The van der Waals surface area contributed by atoms with Crippen LogP contribution >= 0.6 is 0 Å². The van der Waals surface area contributed by atoms with Gasteiger partial charge in [0.05, 0.1) is 24.8 Å². The van der Waals surface area contributed by atoms with Crippen LogP contribution in [0.3, 0.4) is 0 Å². The molecule has 3 atom stereocenters. The lowest BCUT2D eigenvalue weighted by Gasteiger charge is -2.43. The number of hydrogen-bond donors (Lipinski definition) is 1. The fourth-order valence-corrected chi connectivity index (χ4v) is 3.37. The third-order valence-electron chi connectivity index (χ3n) is 4.47. The van der Waals surface area contributed by atoms with E-state index in [1.165, 1.54) is 6.07 Å². The number of nitrogens with one attached hydrogen (secondary N) is 1. The van der Waals surface area contributed by atoms with Gasteiger partial charge in [0.2, 0.25) is 0 Å². The van der Waals surface area contributed by atoms with Crippen LogP contribution in [0.4, 0.5) is 18.9 Å². The van der Waals surface area contributed by atoms with Gasteiger partial charge in [-0.15, -0.1) is 0 Å². The summed E-state index contributed by atoms with van der Waals surface area (Å²) in [6.45, 7) is 0.804. The molecule has 0 saturated carbocycles. The van der Waals surface area contributed by atoms with Crippen LogP contribution in [0.5, 0.6) is 0 Å². The van der Waals surface area contributed by atoms with Crippen LogP contribution in [-0.4, -0.2) is 19.3 Å². The number of fused-ring (bicyclic) bond motifs is 3. The van der Waals surface area contributed by atoms with Crippen molar-refractivity contribution in [2.45, 2.75) is 24.4 Å². The molecule has 2 aliphatic rings. The molecule has 1 N–H and O–H groups in total. The van der Waals surface area contributed by atoms with E-state index in [2.05, 4.69) is 5.32 Å². The predicted molar refractivity (Wildman–Crippen MR) is 82.7 cm³/mol. The molecule has 0 aromatic heterocycles. The average Bonchev–Trinajstić information content (AvgIpc) is 2.60. The molecule has 126 valence electrons. The lowest BCUT2D eigenvalue weighted by Crippen LogP contribution is -2.43. The van der Waals surface area contributed by atoms with E-state index in [1.807, 2.05) is 30.3 Å². The topological polar surface area (TPSA) is 30.5 Å². The second-order valence-electron chi connectivity index (χ2n) is 5.96. The van der Waals surface area contributed by atoms with E-state index < -0.39 is 17.8 Å². The van der Waals surface area contributed by atoms with Crippen LogP contribution in [0.2, 0.25) is 0 Å². The van der Waals surface area contributed by atoms with E-state index in [4.69, 9.17) is 9.47 Å². The van der Waals surface area contributed by atoms with E-state index >= 15 is 0 Å². The summed E-state index contributed by atoms with van der Waals surface area (Å²) in [4.78, 5) is 0. The van der Waals surface area contributed by atoms with Crippen molar-refractivity contribution in [2.75, 3.05) is 18.5 Å². The average molecular weight is 335 g/mol. The molecule has 3 nitrogen and oxygen atoms in total. The van der Waals surface area contributed by atoms with Gasteiger partial charge >= 0.3 is 6.18 Å². The maximum atomic E-state index is 13.0. The summed E-state index contributed by atoms with van der Waals surface area (Å²) in [6.07, 6.45) is -5.25. The van der Waals surface area contributed by atoms with Gasteiger partial charge in [-0.1, -0.05) is 30.3 Å². The van der Waals surface area contributed by atoms with Crippen molar-refractivity contribution in [1.29, 1.82) is 0 Å². The van der Waals surface area contributed by atoms with Crippen molar-refractivity contribution in [3.8, 4) is 0 Å². The van der Waals surface area contributed by atoms with Crippen LogP contribution in [0.1, 0.15) is 28.8 Å². The first-order valence-corrected chi connectivity index (χ1v) is 7.80. The summed E-state index contributed by atoms with van der Waals surface area (Å²) < 4.78 is 50.8. The molecule has 2 aromatic carbocycles. The molecule has 0 unspecified atom stereocenters. The minimum Gasteiger partial charge on any atom is -0.375 e. The Hall–Kier alpha value is -2.05. The minimum atomic E-state index is -4.38. The first-order valence-electron chi connectivity index (χ1n) is 7.80. The lowest BCUT2D eigenvalue weighted by atomic mass is 9.87. The Balaban J connectivity index is 1.77. The number of hydrogen-bond acceptors (Lipinski definition) is 3. The van der Waals surface area contributed by atoms with Gasteiger partial charge in [-0.05, 0) is 23.8 Å². The first-order chi connectivity index (χ1) is 11.5. The fourth-order valence-electron chi connectivity index (χ4n) is 3.37. The van der Waals surface area contributed by atoms with Gasteiger partial charge in [0.1, 0.15) is 12.2 Å². The smallest absolute Gasteiger partial charge is 0.375 e. The van der Waals surface area contributed by atoms with Gasteiger partial charge in [-0.3, -0.25) is 0 Å². The number of halogens is 3. The molecule has 0 radical (unpaired) electrons. The van der Waals surface area contributed by atoms with Gasteiger partial charge in [0.15, 0.2) is 0 Å². The predicted octanol–water partition coefficient (Wildman–Crippen LogP) is 4.33. The lowest BCUT2D eigenvalue weighted by molar-refractivity contribution is -0.152. The third-order valence-corrected chi connectivity index (χ3v) is 4.47. The number of anilines is 1. The Morgan fingerprint density at radius 1 is 0.958 bits per heavy atom. The Morgan fingerprint density at radius 2 is 1.71 bits per heavy atom. The molecular weight excluding hydrogens is 319 g/mol. The highest BCUT2D eigenvalue weighted by Gasteiger charge is 2.42. The highest BCUT2D eigenvalue weighted by molar-refractivity contribution is 5.59. The summed E-state index contributed by atoms with van der Waals surface area (Å²) in [5.41, 5.74) is 1.50. The molecule has 2 aliphatic heterocycles. The molecule has 6 heteroatoms. The van der Waals surface area contributed by atoms with Crippen LogP contribution in [0, 0.1) is 0 Å². The summed E-state index contributed by atoms with van der Waals surface area (Å²) in [7, 11) is 0. The van der Waals surface area contributed by atoms with E-state index in [0.717, 1.165) is 17.7 Å². The standard InChI is InChI=1S/C18H16F3NO2/c19-18(20,21)12-6-7-14-13(10-12)16-17(24-9-8-23-16)15(22-14)11-4-2-1-3-5-11/h1-7,10,15-17,22H,8-9H2/t15-,16-,17+/m1/s1. The molecule has 1 saturated heterocycles. The van der Waals surface area contributed by atoms with Crippen molar-refractivity contribution >= 4 is 5.69 Å². The SMILES string of the molecule is FC(F)(F)c1ccc2c(c1)[C@H]1OCCO[C@H]1[C@@H](c1ccccc1)N2. The first kappa shape index (κ1) is 15.5. The van der Waals surface area contributed by atoms with Crippen molar-refractivity contribution < 1.29 is 22.6 Å². The second-order valence-corrected chi connectivity index (χ2v) is 5.96. The van der Waals surface area contributed by atoms with Gasteiger partial charge in [-0.2, -0.15) is 13.2 Å². The quantitative estimate of drug-likeness (QED) is 0.841. The van der Waals surface area contributed by atoms with Gasteiger partial charge in [0.25, 0.3) is 0 Å². The molecule has 1 fully saturated rings. The van der Waals surface area contributed by atoms with Crippen LogP contribution in [-0.2, 0) is 15.7 Å². The Labute approximate surface area is 137 Å². The third kappa shape index (κ3) is 2.65. The summed E-state index contributed by atoms with van der Waals surface area (Å²) in [5, 5.41) is 3.32. The maximum Gasteiger partial charge on any atom is 0.416 e. The van der Waals surface area contributed by atoms with Crippen molar-refractivity contribution in [3.63, 3.8) is 0 Å². The maximum absolute atomic E-state index is 13.0. The zero-order chi connectivity index (χ0) is 16.7. The molecule has 0 amide bonds. The van der Waals surface area contributed by atoms with Crippen molar-refractivity contribution in [2.24, 2.45) is 0 Å². The monoisotopic (exact) mass is 335 g/mol. The highest BCUT2D eigenvalue weighted by atomic mass is 19.4. The van der Waals surface area contributed by atoms with E-state index in [1.54, 1.807) is 0 Å². The molecule has 2 heterocycles. The molecular formula is C18H16F3NO2. The normalized spacial score (nSPS) is 26.2. The summed E-state index contributed by atoms with van der Waals surface area (Å²) in [6, 6.07) is 13.3. The Kier molecular flexibility index (Phi) is 3.73. The molecule has 4 rings (SSSR count). The van der Waals surface area contributed by atoms with Crippen molar-refractivity contribution in [1.82, 2.24) is 0 Å².